The highest BCUT2D eigenvalue weighted by atomic mass is 16.3. The number of phenolic OH excluding ortho intramolecular Hbond substituents is 1. The van der Waals surface area contributed by atoms with Crippen molar-refractivity contribution in [3.8, 4) is 5.75 Å². The molecule has 3 nitrogen and oxygen atoms in total. The lowest BCUT2D eigenvalue weighted by molar-refractivity contribution is 0.474. The Bertz CT molecular complexity index is 456. The van der Waals surface area contributed by atoms with E-state index in [0.717, 1.165) is 11.1 Å². The average molecular weight is 214 g/mol. The van der Waals surface area contributed by atoms with Crippen molar-refractivity contribution in [1.82, 2.24) is 4.98 Å². The van der Waals surface area contributed by atoms with E-state index in [1.54, 1.807) is 24.5 Å². The summed E-state index contributed by atoms with van der Waals surface area (Å²) in [7, 11) is 0. The zero-order valence-electron chi connectivity index (χ0n) is 8.88. The molecular formula is C13H14N2O. The summed E-state index contributed by atoms with van der Waals surface area (Å²) in [4.78, 5) is 4.04. The van der Waals surface area contributed by atoms with Crippen molar-refractivity contribution in [2.24, 2.45) is 5.73 Å². The number of rotatable bonds is 3. The molecule has 0 amide bonds. The number of nitrogens with two attached hydrogens (primary N) is 1. The van der Waals surface area contributed by atoms with Crippen LogP contribution in [-0.2, 0) is 6.42 Å². The summed E-state index contributed by atoms with van der Waals surface area (Å²) in [6.07, 6.45) is 4.19. The monoisotopic (exact) mass is 214 g/mol. The molecule has 0 aliphatic carbocycles. The standard InChI is InChI=1S/C13H14N2O/c14-13(11-4-2-6-15-9-11)8-10-3-1-5-12(16)7-10/h1-7,9,13,16H,8,14H2. The van der Waals surface area contributed by atoms with Gasteiger partial charge in [-0.2, -0.15) is 0 Å². The molecule has 0 aliphatic heterocycles. The van der Waals surface area contributed by atoms with Crippen LogP contribution in [0.5, 0.6) is 5.75 Å². The van der Waals surface area contributed by atoms with Gasteiger partial charge < -0.3 is 10.8 Å². The smallest absolute Gasteiger partial charge is 0.115 e. The summed E-state index contributed by atoms with van der Waals surface area (Å²) in [5.41, 5.74) is 8.09. The third kappa shape index (κ3) is 2.58. The van der Waals surface area contributed by atoms with Gasteiger partial charge in [-0.15, -0.1) is 0 Å². The first-order valence-electron chi connectivity index (χ1n) is 5.19. The second-order valence-electron chi connectivity index (χ2n) is 3.77. The van der Waals surface area contributed by atoms with Gasteiger partial charge in [0.05, 0.1) is 0 Å². The molecule has 2 aromatic rings. The highest BCUT2D eigenvalue weighted by Crippen LogP contribution is 2.18. The number of aromatic hydroxyl groups is 1. The van der Waals surface area contributed by atoms with Gasteiger partial charge in [-0.1, -0.05) is 18.2 Å². The van der Waals surface area contributed by atoms with Crippen LogP contribution >= 0.6 is 0 Å². The van der Waals surface area contributed by atoms with Crippen LogP contribution < -0.4 is 5.73 Å². The van der Waals surface area contributed by atoms with E-state index >= 15 is 0 Å². The summed E-state index contributed by atoms with van der Waals surface area (Å²) in [6, 6.07) is 10.9. The number of hydrogen-bond acceptors (Lipinski definition) is 3. The van der Waals surface area contributed by atoms with Gasteiger partial charge in [0.2, 0.25) is 0 Å². The second kappa shape index (κ2) is 4.77. The van der Waals surface area contributed by atoms with E-state index in [2.05, 4.69) is 4.98 Å². The first-order valence-corrected chi connectivity index (χ1v) is 5.19. The maximum Gasteiger partial charge on any atom is 0.115 e. The van der Waals surface area contributed by atoms with Gasteiger partial charge in [0, 0.05) is 18.4 Å². The maximum absolute atomic E-state index is 9.34. The Labute approximate surface area is 94.6 Å². The summed E-state index contributed by atoms with van der Waals surface area (Å²) in [6.45, 7) is 0. The van der Waals surface area contributed by atoms with E-state index in [-0.39, 0.29) is 11.8 Å². The Balaban J connectivity index is 2.11. The van der Waals surface area contributed by atoms with Crippen molar-refractivity contribution < 1.29 is 5.11 Å². The molecule has 1 heterocycles. The van der Waals surface area contributed by atoms with E-state index in [0.29, 0.717) is 6.42 Å². The average Bonchev–Trinajstić information content (AvgIpc) is 2.30. The fourth-order valence-electron chi connectivity index (χ4n) is 1.65. The number of benzene rings is 1. The zero-order chi connectivity index (χ0) is 11.4. The zero-order valence-corrected chi connectivity index (χ0v) is 8.88. The number of nitrogens with zero attached hydrogens (tertiary/aromatic N) is 1. The number of pyridine rings is 1. The molecule has 1 unspecified atom stereocenters. The molecule has 0 aliphatic rings. The van der Waals surface area contributed by atoms with Crippen LogP contribution in [0.2, 0.25) is 0 Å². The molecule has 0 bridgehead atoms. The van der Waals surface area contributed by atoms with Crippen molar-refractivity contribution in [1.29, 1.82) is 0 Å². The molecular weight excluding hydrogens is 200 g/mol. The van der Waals surface area contributed by atoms with Crippen LogP contribution in [0, 0.1) is 0 Å². The minimum Gasteiger partial charge on any atom is -0.508 e. The van der Waals surface area contributed by atoms with Crippen LogP contribution in [0.3, 0.4) is 0 Å². The third-order valence-electron chi connectivity index (χ3n) is 2.48. The van der Waals surface area contributed by atoms with Gasteiger partial charge in [-0.05, 0) is 35.7 Å². The van der Waals surface area contributed by atoms with Gasteiger partial charge in [0.25, 0.3) is 0 Å². The Morgan fingerprint density at radius 3 is 2.81 bits per heavy atom. The lowest BCUT2D eigenvalue weighted by Gasteiger charge is -2.11. The molecule has 0 saturated carbocycles. The van der Waals surface area contributed by atoms with Gasteiger partial charge in [-0.3, -0.25) is 4.98 Å². The first kappa shape index (κ1) is 10.6. The van der Waals surface area contributed by atoms with Crippen molar-refractivity contribution in [3.63, 3.8) is 0 Å². The molecule has 3 N–H and O–H groups in total. The molecule has 82 valence electrons. The quantitative estimate of drug-likeness (QED) is 0.821. The van der Waals surface area contributed by atoms with Gasteiger partial charge in [0.1, 0.15) is 5.75 Å². The van der Waals surface area contributed by atoms with Crippen LogP contribution in [0.1, 0.15) is 17.2 Å². The van der Waals surface area contributed by atoms with Crippen molar-refractivity contribution in [3.05, 3.63) is 59.9 Å². The van der Waals surface area contributed by atoms with Gasteiger partial charge in [-0.25, -0.2) is 0 Å². The Hall–Kier alpha value is -1.87. The van der Waals surface area contributed by atoms with Crippen LogP contribution in [0.15, 0.2) is 48.8 Å². The van der Waals surface area contributed by atoms with E-state index in [1.807, 2.05) is 24.3 Å². The predicted molar refractivity (Wildman–Crippen MR) is 63.0 cm³/mol. The number of aromatic nitrogens is 1. The SMILES string of the molecule is NC(Cc1cccc(O)c1)c1cccnc1. The molecule has 1 atom stereocenters. The molecule has 16 heavy (non-hydrogen) atoms. The summed E-state index contributed by atoms with van der Waals surface area (Å²) in [5.74, 6) is 0.274. The van der Waals surface area contributed by atoms with E-state index in [9.17, 15) is 5.11 Å². The fourth-order valence-corrected chi connectivity index (χ4v) is 1.65. The highest BCUT2D eigenvalue weighted by Gasteiger charge is 2.07. The number of hydrogen-bond donors (Lipinski definition) is 2. The van der Waals surface area contributed by atoms with E-state index < -0.39 is 0 Å². The van der Waals surface area contributed by atoms with Crippen LogP contribution in [0.4, 0.5) is 0 Å². The van der Waals surface area contributed by atoms with Crippen molar-refractivity contribution >= 4 is 0 Å². The minimum absolute atomic E-state index is 0.0875. The first-order chi connectivity index (χ1) is 7.75. The van der Waals surface area contributed by atoms with Crippen LogP contribution in [-0.4, -0.2) is 10.1 Å². The summed E-state index contributed by atoms with van der Waals surface area (Å²) < 4.78 is 0. The molecule has 2 rings (SSSR count). The van der Waals surface area contributed by atoms with E-state index in [1.165, 1.54) is 0 Å². The maximum atomic E-state index is 9.34. The lowest BCUT2D eigenvalue weighted by atomic mass is 10.0. The minimum atomic E-state index is -0.0875. The normalized spacial score (nSPS) is 12.3. The lowest BCUT2D eigenvalue weighted by Crippen LogP contribution is -2.13. The molecule has 0 fully saturated rings. The highest BCUT2D eigenvalue weighted by molar-refractivity contribution is 5.29. The molecule has 0 radical (unpaired) electrons. The molecule has 3 heteroatoms. The topological polar surface area (TPSA) is 59.1 Å². The summed E-state index contributed by atoms with van der Waals surface area (Å²) in [5, 5.41) is 9.34. The van der Waals surface area contributed by atoms with Crippen molar-refractivity contribution in [2.75, 3.05) is 0 Å². The summed E-state index contributed by atoms with van der Waals surface area (Å²) >= 11 is 0. The van der Waals surface area contributed by atoms with Gasteiger partial charge in [0.15, 0.2) is 0 Å². The van der Waals surface area contributed by atoms with Gasteiger partial charge >= 0.3 is 0 Å². The predicted octanol–water partition coefficient (Wildman–Crippen LogP) is 2.03. The Morgan fingerprint density at radius 2 is 2.12 bits per heavy atom. The third-order valence-corrected chi connectivity index (χ3v) is 2.48. The number of phenols is 1. The molecule has 0 spiro atoms. The second-order valence-corrected chi connectivity index (χ2v) is 3.77. The Morgan fingerprint density at radius 1 is 1.25 bits per heavy atom. The molecule has 0 saturated heterocycles. The molecule has 1 aromatic carbocycles. The fraction of sp³-hybridized carbons (Fsp3) is 0.154. The van der Waals surface area contributed by atoms with E-state index in [4.69, 9.17) is 5.73 Å². The largest absolute Gasteiger partial charge is 0.508 e. The molecule has 1 aromatic heterocycles. The van der Waals surface area contributed by atoms with Crippen LogP contribution in [0.25, 0.3) is 0 Å². The Kier molecular flexibility index (Phi) is 3.17. The van der Waals surface area contributed by atoms with Crippen molar-refractivity contribution in [2.45, 2.75) is 12.5 Å².